The summed E-state index contributed by atoms with van der Waals surface area (Å²) in [4.78, 5) is 12.3. The zero-order valence-corrected chi connectivity index (χ0v) is 13.7. The smallest absolute Gasteiger partial charge is 0.290 e. The van der Waals surface area contributed by atoms with Gasteiger partial charge in [0.25, 0.3) is 5.56 Å². The van der Waals surface area contributed by atoms with E-state index in [0.717, 1.165) is 11.3 Å². The summed E-state index contributed by atoms with van der Waals surface area (Å²) in [7, 11) is 1.59. The zero-order valence-electron chi connectivity index (χ0n) is 13.0. The lowest BCUT2D eigenvalue weighted by molar-refractivity contribution is 0.272. The Bertz CT molecular complexity index is 754. The second-order valence-corrected chi connectivity index (χ2v) is 5.05. The van der Waals surface area contributed by atoms with E-state index in [1.807, 2.05) is 31.2 Å². The molecule has 122 valence electrons. The van der Waals surface area contributed by atoms with E-state index in [-0.39, 0.29) is 17.4 Å². The van der Waals surface area contributed by atoms with E-state index >= 15 is 0 Å². The van der Waals surface area contributed by atoms with Crippen molar-refractivity contribution in [1.82, 2.24) is 9.78 Å². The summed E-state index contributed by atoms with van der Waals surface area (Å²) >= 11 is 6.12. The maximum atomic E-state index is 12.3. The lowest BCUT2D eigenvalue weighted by Gasteiger charge is -2.10. The summed E-state index contributed by atoms with van der Waals surface area (Å²) in [5.41, 5.74) is 6.76. The first kappa shape index (κ1) is 16.9. The Labute approximate surface area is 139 Å². The quantitative estimate of drug-likeness (QED) is 0.821. The Morgan fingerprint density at radius 2 is 2.04 bits per heavy atom. The molecule has 7 heteroatoms. The molecule has 0 saturated carbocycles. The SMILES string of the molecule is CCO/C=C/c1c(Cl)nn(Cc2ccc(OC)cc2)c(=O)c1N. The predicted octanol–water partition coefficient (Wildman–Crippen LogP) is 2.54. The molecule has 0 aliphatic rings. The van der Waals surface area contributed by atoms with Gasteiger partial charge in [0.05, 0.1) is 26.5 Å². The van der Waals surface area contributed by atoms with Crippen LogP contribution in [-0.2, 0) is 11.3 Å². The molecule has 1 heterocycles. The average Bonchev–Trinajstić information content (AvgIpc) is 2.56. The molecule has 0 radical (unpaired) electrons. The van der Waals surface area contributed by atoms with Crippen LogP contribution in [0.1, 0.15) is 18.1 Å². The number of nitrogens with two attached hydrogens (primary N) is 1. The van der Waals surface area contributed by atoms with Gasteiger partial charge < -0.3 is 15.2 Å². The minimum absolute atomic E-state index is 0.0365. The van der Waals surface area contributed by atoms with Crippen molar-refractivity contribution in [2.45, 2.75) is 13.5 Å². The van der Waals surface area contributed by atoms with Gasteiger partial charge in [0.1, 0.15) is 11.4 Å². The molecule has 1 aromatic heterocycles. The van der Waals surface area contributed by atoms with Gasteiger partial charge in [-0.25, -0.2) is 4.68 Å². The minimum atomic E-state index is -0.402. The molecular formula is C16H18ClN3O3. The number of nitrogens with zero attached hydrogens (tertiary/aromatic N) is 2. The maximum Gasteiger partial charge on any atom is 0.290 e. The van der Waals surface area contributed by atoms with Crippen LogP contribution in [0.3, 0.4) is 0 Å². The van der Waals surface area contributed by atoms with Crippen molar-refractivity contribution in [3.05, 3.63) is 57.2 Å². The molecule has 0 bridgehead atoms. The normalized spacial score (nSPS) is 10.9. The lowest BCUT2D eigenvalue weighted by Crippen LogP contribution is -2.27. The predicted molar refractivity (Wildman–Crippen MR) is 90.7 cm³/mol. The highest BCUT2D eigenvalue weighted by Crippen LogP contribution is 2.19. The van der Waals surface area contributed by atoms with Gasteiger partial charge >= 0.3 is 0 Å². The number of anilines is 1. The van der Waals surface area contributed by atoms with Crippen LogP contribution in [0.2, 0.25) is 5.15 Å². The molecule has 0 saturated heterocycles. The first-order valence-electron chi connectivity index (χ1n) is 7.04. The van der Waals surface area contributed by atoms with E-state index in [9.17, 15) is 4.79 Å². The third kappa shape index (κ3) is 4.04. The number of aromatic nitrogens is 2. The topological polar surface area (TPSA) is 79.4 Å². The van der Waals surface area contributed by atoms with Gasteiger partial charge in [-0.2, -0.15) is 5.10 Å². The van der Waals surface area contributed by atoms with Crippen LogP contribution >= 0.6 is 11.6 Å². The van der Waals surface area contributed by atoms with Gasteiger partial charge in [0, 0.05) is 5.56 Å². The van der Waals surface area contributed by atoms with Gasteiger partial charge in [-0.3, -0.25) is 4.79 Å². The molecule has 0 spiro atoms. The Morgan fingerprint density at radius 1 is 1.35 bits per heavy atom. The molecule has 2 rings (SSSR count). The summed E-state index contributed by atoms with van der Waals surface area (Å²) in [5, 5.41) is 4.25. The van der Waals surface area contributed by atoms with Crippen LogP contribution in [0.5, 0.6) is 5.75 Å². The number of ether oxygens (including phenoxy) is 2. The van der Waals surface area contributed by atoms with Crippen molar-refractivity contribution in [3.8, 4) is 5.75 Å². The van der Waals surface area contributed by atoms with Crippen LogP contribution in [0.4, 0.5) is 5.69 Å². The molecule has 0 unspecified atom stereocenters. The monoisotopic (exact) mass is 335 g/mol. The van der Waals surface area contributed by atoms with E-state index in [1.54, 1.807) is 7.11 Å². The summed E-state index contributed by atoms with van der Waals surface area (Å²) in [6, 6.07) is 7.31. The fourth-order valence-corrected chi connectivity index (χ4v) is 2.21. The third-order valence-corrected chi connectivity index (χ3v) is 3.45. The molecule has 0 fully saturated rings. The van der Waals surface area contributed by atoms with Crippen molar-refractivity contribution in [2.75, 3.05) is 19.5 Å². The molecule has 2 aromatic rings. The van der Waals surface area contributed by atoms with Gasteiger partial charge in [-0.1, -0.05) is 23.7 Å². The molecule has 23 heavy (non-hydrogen) atoms. The third-order valence-electron chi connectivity index (χ3n) is 3.17. The molecule has 0 aliphatic heterocycles. The fraction of sp³-hybridized carbons (Fsp3) is 0.250. The molecule has 2 N–H and O–H groups in total. The van der Waals surface area contributed by atoms with Gasteiger partial charge in [-0.15, -0.1) is 0 Å². The number of halogens is 1. The summed E-state index contributed by atoms with van der Waals surface area (Å²) < 4.78 is 11.4. The Hall–Kier alpha value is -2.47. The summed E-state index contributed by atoms with van der Waals surface area (Å²) in [5.74, 6) is 0.739. The number of rotatable bonds is 6. The first-order chi connectivity index (χ1) is 11.1. The summed E-state index contributed by atoms with van der Waals surface area (Å²) in [6.07, 6.45) is 2.97. The van der Waals surface area contributed by atoms with E-state index in [4.69, 9.17) is 26.8 Å². The number of nitrogen functional groups attached to an aromatic ring is 1. The van der Waals surface area contributed by atoms with Crippen LogP contribution in [-0.4, -0.2) is 23.5 Å². The molecular weight excluding hydrogens is 318 g/mol. The highest BCUT2D eigenvalue weighted by Gasteiger charge is 2.12. The Morgan fingerprint density at radius 3 is 2.65 bits per heavy atom. The van der Waals surface area contributed by atoms with E-state index in [2.05, 4.69) is 5.10 Å². The number of methoxy groups -OCH3 is 1. The van der Waals surface area contributed by atoms with Gasteiger partial charge in [-0.05, 0) is 30.7 Å². The lowest BCUT2D eigenvalue weighted by atomic mass is 10.2. The Balaban J connectivity index is 2.31. The Kier molecular flexibility index (Phi) is 5.65. The molecule has 0 aliphatic carbocycles. The van der Waals surface area contributed by atoms with Crippen molar-refractivity contribution in [2.24, 2.45) is 0 Å². The second kappa shape index (κ2) is 7.69. The standard InChI is InChI=1S/C16H18ClN3O3/c1-3-23-9-8-13-14(18)16(21)20(19-15(13)17)10-11-4-6-12(22-2)7-5-11/h4-9H,3,10,18H2,1-2H3/b9-8+. The van der Waals surface area contributed by atoms with Crippen LogP contribution in [0.25, 0.3) is 6.08 Å². The van der Waals surface area contributed by atoms with Crippen molar-refractivity contribution >= 4 is 23.4 Å². The van der Waals surface area contributed by atoms with Gasteiger partial charge in [0.15, 0.2) is 5.15 Å². The van der Waals surface area contributed by atoms with Gasteiger partial charge in [0.2, 0.25) is 0 Å². The number of hydrogen-bond donors (Lipinski definition) is 1. The molecule has 6 nitrogen and oxygen atoms in total. The highest BCUT2D eigenvalue weighted by molar-refractivity contribution is 6.31. The van der Waals surface area contributed by atoms with E-state index in [1.165, 1.54) is 17.0 Å². The van der Waals surface area contributed by atoms with Crippen molar-refractivity contribution < 1.29 is 9.47 Å². The largest absolute Gasteiger partial charge is 0.501 e. The van der Waals surface area contributed by atoms with E-state index in [0.29, 0.717) is 12.2 Å². The average molecular weight is 336 g/mol. The van der Waals surface area contributed by atoms with Crippen molar-refractivity contribution in [1.29, 1.82) is 0 Å². The molecule has 0 amide bonds. The fourth-order valence-electron chi connectivity index (χ4n) is 1.95. The minimum Gasteiger partial charge on any atom is -0.501 e. The summed E-state index contributed by atoms with van der Waals surface area (Å²) in [6.45, 7) is 2.62. The van der Waals surface area contributed by atoms with Crippen LogP contribution in [0, 0.1) is 0 Å². The van der Waals surface area contributed by atoms with E-state index < -0.39 is 5.56 Å². The zero-order chi connectivity index (χ0) is 16.8. The first-order valence-corrected chi connectivity index (χ1v) is 7.41. The van der Waals surface area contributed by atoms with Crippen molar-refractivity contribution in [3.63, 3.8) is 0 Å². The maximum absolute atomic E-state index is 12.3. The number of hydrogen-bond acceptors (Lipinski definition) is 5. The molecule has 1 aromatic carbocycles. The highest BCUT2D eigenvalue weighted by atomic mass is 35.5. The van der Waals surface area contributed by atoms with Crippen LogP contribution < -0.4 is 16.0 Å². The second-order valence-electron chi connectivity index (χ2n) is 4.69. The van der Waals surface area contributed by atoms with Crippen LogP contribution in [0.15, 0.2) is 35.3 Å². The molecule has 0 atom stereocenters. The number of benzene rings is 1.